The minimum atomic E-state index is -2.97. The highest BCUT2D eigenvalue weighted by molar-refractivity contribution is 5.94. The van der Waals surface area contributed by atoms with Crippen molar-refractivity contribution in [3.05, 3.63) is 24.3 Å². The van der Waals surface area contributed by atoms with Crippen LogP contribution in [-0.2, 0) is 4.79 Å². The van der Waals surface area contributed by atoms with E-state index in [-0.39, 0.29) is 11.4 Å². The fourth-order valence-electron chi connectivity index (χ4n) is 1.01. The Morgan fingerprint density at radius 3 is 2.62 bits per heavy atom. The van der Waals surface area contributed by atoms with E-state index < -0.39 is 18.6 Å². The number of benzene rings is 1. The molecule has 0 aromatic heterocycles. The lowest BCUT2D eigenvalue weighted by Gasteiger charge is -2.12. The lowest BCUT2D eigenvalue weighted by Crippen LogP contribution is -2.24. The topological polar surface area (TPSA) is 58.6 Å². The number of carbonyl (C=O) groups excluding carboxylic acids is 1. The monoisotopic (exact) mass is 231 g/mol. The van der Waals surface area contributed by atoms with Gasteiger partial charge in [-0.2, -0.15) is 8.78 Å². The first-order valence-corrected chi connectivity index (χ1v) is 4.53. The minimum absolute atomic E-state index is 0.0914. The molecule has 1 unspecified atom stereocenters. The molecule has 1 aromatic carbocycles. The van der Waals surface area contributed by atoms with Crippen LogP contribution >= 0.6 is 0 Å². The Bertz CT molecular complexity index is 369. The number of halogens is 2. The van der Waals surface area contributed by atoms with Gasteiger partial charge in [-0.1, -0.05) is 12.1 Å². The van der Waals surface area contributed by atoms with E-state index in [4.69, 9.17) is 5.11 Å². The summed E-state index contributed by atoms with van der Waals surface area (Å²) in [4.78, 5) is 11.1. The Kier molecular flexibility index (Phi) is 4.19. The number of rotatable bonds is 4. The maximum Gasteiger partial charge on any atom is 0.387 e. The highest BCUT2D eigenvalue weighted by Crippen LogP contribution is 2.25. The SMILES string of the molecule is CC(O)C(=O)Nc1ccccc1OC(F)F. The number of hydrogen-bond donors (Lipinski definition) is 2. The second-order valence-electron chi connectivity index (χ2n) is 3.04. The normalized spacial score (nSPS) is 12.3. The quantitative estimate of drug-likeness (QED) is 0.827. The van der Waals surface area contributed by atoms with Gasteiger partial charge in [0.1, 0.15) is 11.9 Å². The largest absolute Gasteiger partial charge is 0.433 e. The Balaban J connectivity index is 2.82. The molecule has 6 heteroatoms. The van der Waals surface area contributed by atoms with Gasteiger partial charge < -0.3 is 15.2 Å². The number of aliphatic hydroxyl groups excluding tert-OH is 1. The maximum atomic E-state index is 12.0. The van der Waals surface area contributed by atoms with Crippen molar-refractivity contribution >= 4 is 11.6 Å². The van der Waals surface area contributed by atoms with Crippen LogP contribution in [0.3, 0.4) is 0 Å². The van der Waals surface area contributed by atoms with Crippen molar-refractivity contribution in [1.82, 2.24) is 0 Å². The summed E-state index contributed by atoms with van der Waals surface area (Å²) in [6.07, 6.45) is -1.22. The zero-order valence-corrected chi connectivity index (χ0v) is 8.48. The number of alkyl halides is 2. The molecule has 0 bridgehead atoms. The molecule has 0 heterocycles. The second kappa shape index (κ2) is 5.41. The van der Waals surface area contributed by atoms with E-state index in [1.165, 1.54) is 25.1 Å². The summed E-state index contributed by atoms with van der Waals surface area (Å²) >= 11 is 0. The summed E-state index contributed by atoms with van der Waals surface area (Å²) < 4.78 is 28.2. The molecule has 1 atom stereocenters. The van der Waals surface area contributed by atoms with Gasteiger partial charge in [-0.05, 0) is 19.1 Å². The van der Waals surface area contributed by atoms with Crippen molar-refractivity contribution in [1.29, 1.82) is 0 Å². The van der Waals surface area contributed by atoms with Crippen LogP contribution in [0.25, 0.3) is 0 Å². The number of nitrogens with one attached hydrogen (secondary N) is 1. The highest BCUT2D eigenvalue weighted by Gasteiger charge is 2.13. The Morgan fingerprint density at radius 2 is 2.06 bits per heavy atom. The molecule has 0 saturated heterocycles. The van der Waals surface area contributed by atoms with Gasteiger partial charge in [-0.25, -0.2) is 0 Å². The molecule has 1 amide bonds. The van der Waals surface area contributed by atoms with Crippen molar-refractivity contribution in [2.45, 2.75) is 19.6 Å². The average molecular weight is 231 g/mol. The van der Waals surface area contributed by atoms with Crippen LogP contribution in [0, 0.1) is 0 Å². The van der Waals surface area contributed by atoms with Gasteiger partial charge in [-0.3, -0.25) is 4.79 Å². The van der Waals surface area contributed by atoms with Gasteiger partial charge in [0.05, 0.1) is 5.69 Å². The molecule has 0 spiro atoms. The van der Waals surface area contributed by atoms with Gasteiger partial charge in [0.2, 0.25) is 0 Å². The van der Waals surface area contributed by atoms with Gasteiger partial charge in [0.25, 0.3) is 5.91 Å². The zero-order valence-electron chi connectivity index (χ0n) is 8.48. The van der Waals surface area contributed by atoms with Gasteiger partial charge in [-0.15, -0.1) is 0 Å². The molecule has 0 aliphatic rings. The van der Waals surface area contributed by atoms with Crippen molar-refractivity contribution in [3.63, 3.8) is 0 Å². The van der Waals surface area contributed by atoms with E-state index in [0.717, 1.165) is 0 Å². The molecule has 0 aliphatic heterocycles. The van der Waals surface area contributed by atoms with E-state index in [2.05, 4.69) is 10.1 Å². The Morgan fingerprint density at radius 1 is 1.44 bits per heavy atom. The summed E-state index contributed by atoms with van der Waals surface area (Å²) in [6.45, 7) is -1.70. The number of hydrogen-bond acceptors (Lipinski definition) is 3. The fourth-order valence-corrected chi connectivity index (χ4v) is 1.01. The highest BCUT2D eigenvalue weighted by atomic mass is 19.3. The van der Waals surface area contributed by atoms with Crippen LogP contribution < -0.4 is 10.1 Å². The average Bonchev–Trinajstić information content (AvgIpc) is 2.20. The van der Waals surface area contributed by atoms with Crippen LogP contribution in [0.4, 0.5) is 14.5 Å². The number of amides is 1. The van der Waals surface area contributed by atoms with Gasteiger partial charge in [0, 0.05) is 0 Å². The van der Waals surface area contributed by atoms with Crippen LogP contribution in [0.15, 0.2) is 24.3 Å². The van der Waals surface area contributed by atoms with Crippen LogP contribution in [0.2, 0.25) is 0 Å². The van der Waals surface area contributed by atoms with E-state index in [1.807, 2.05) is 0 Å². The summed E-state index contributed by atoms with van der Waals surface area (Å²) in [5.41, 5.74) is 0.0914. The summed E-state index contributed by atoms with van der Waals surface area (Å²) in [6, 6.07) is 5.74. The number of para-hydroxylation sites is 2. The van der Waals surface area contributed by atoms with Crippen LogP contribution in [-0.4, -0.2) is 23.7 Å². The summed E-state index contributed by atoms with van der Waals surface area (Å²) in [5.74, 6) is -0.836. The first-order chi connectivity index (χ1) is 7.50. The van der Waals surface area contributed by atoms with Crippen molar-refractivity contribution in [3.8, 4) is 5.75 Å². The second-order valence-corrected chi connectivity index (χ2v) is 3.04. The van der Waals surface area contributed by atoms with E-state index >= 15 is 0 Å². The molecule has 1 rings (SSSR count). The third kappa shape index (κ3) is 3.47. The zero-order chi connectivity index (χ0) is 12.1. The molecular formula is C10H11F2NO3. The van der Waals surface area contributed by atoms with Crippen molar-refractivity contribution < 1.29 is 23.4 Å². The predicted molar refractivity (Wildman–Crippen MR) is 53.4 cm³/mol. The number of carbonyl (C=O) groups is 1. The Hall–Kier alpha value is -1.69. The standard InChI is InChI=1S/C10H11F2NO3/c1-6(14)9(15)13-7-4-2-3-5-8(7)16-10(11)12/h2-6,10,14H,1H3,(H,13,15). The Labute approximate surface area is 90.8 Å². The molecule has 2 N–H and O–H groups in total. The summed E-state index contributed by atoms with van der Waals surface area (Å²) in [5, 5.41) is 11.2. The first-order valence-electron chi connectivity index (χ1n) is 4.53. The molecule has 0 fully saturated rings. The molecule has 16 heavy (non-hydrogen) atoms. The first kappa shape index (κ1) is 12.4. The number of anilines is 1. The third-order valence-corrected chi connectivity index (χ3v) is 1.74. The van der Waals surface area contributed by atoms with Crippen molar-refractivity contribution in [2.24, 2.45) is 0 Å². The van der Waals surface area contributed by atoms with E-state index in [0.29, 0.717) is 0 Å². The fraction of sp³-hybridized carbons (Fsp3) is 0.300. The van der Waals surface area contributed by atoms with Gasteiger partial charge in [0.15, 0.2) is 0 Å². The molecule has 0 aliphatic carbocycles. The van der Waals surface area contributed by atoms with Crippen LogP contribution in [0.1, 0.15) is 6.92 Å². The lowest BCUT2D eigenvalue weighted by molar-refractivity contribution is -0.123. The summed E-state index contributed by atoms with van der Waals surface area (Å²) in [7, 11) is 0. The van der Waals surface area contributed by atoms with Crippen molar-refractivity contribution in [2.75, 3.05) is 5.32 Å². The number of ether oxygens (including phenoxy) is 1. The molecule has 88 valence electrons. The molecule has 4 nitrogen and oxygen atoms in total. The maximum absolute atomic E-state index is 12.0. The minimum Gasteiger partial charge on any atom is -0.433 e. The van der Waals surface area contributed by atoms with E-state index in [9.17, 15) is 13.6 Å². The molecule has 1 aromatic rings. The lowest BCUT2D eigenvalue weighted by atomic mass is 10.2. The third-order valence-electron chi connectivity index (χ3n) is 1.74. The predicted octanol–water partition coefficient (Wildman–Crippen LogP) is 1.61. The van der Waals surface area contributed by atoms with Gasteiger partial charge >= 0.3 is 6.61 Å². The molecule has 0 saturated carbocycles. The molecule has 0 radical (unpaired) electrons. The van der Waals surface area contributed by atoms with E-state index in [1.54, 1.807) is 6.07 Å². The number of aliphatic hydroxyl groups is 1. The van der Waals surface area contributed by atoms with Crippen LogP contribution in [0.5, 0.6) is 5.75 Å². The smallest absolute Gasteiger partial charge is 0.387 e. The molecular weight excluding hydrogens is 220 g/mol.